The Kier molecular flexibility index (Phi) is 4.58. The fourth-order valence-corrected chi connectivity index (χ4v) is 3.93. The van der Waals surface area contributed by atoms with E-state index in [2.05, 4.69) is 4.98 Å². The Morgan fingerprint density at radius 3 is 2.59 bits per heavy atom. The number of rotatable bonds is 2. The van der Waals surface area contributed by atoms with Gasteiger partial charge in [-0.3, -0.25) is 9.78 Å². The first-order valence-corrected chi connectivity index (χ1v) is 9.98. The Labute approximate surface area is 185 Å². The van der Waals surface area contributed by atoms with Crippen LogP contribution < -0.4 is 21.7 Å². The number of hydrogen-bond donors (Lipinski definition) is 2. The maximum Gasteiger partial charge on any atom is 0.347 e. The number of pyridine rings is 1. The quantitative estimate of drug-likeness (QED) is 0.448. The van der Waals surface area contributed by atoms with E-state index >= 15 is 0 Å². The van der Waals surface area contributed by atoms with E-state index in [1.807, 2.05) is 18.2 Å². The summed E-state index contributed by atoms with van der Waals surface area (Å²) in [5, 5.41) is 10.6. The Morgan fingerprint density at radius 2 is 1.84 bits per heavy atom. The van der Waals surface area contributed by atoms with E-state index in [1.54, 1.807) is 48.5 Å². The molecule has 2 aromatic carbocycles. The van der Waals surface area contributed by atoms with E-state index in [9.17, 15) is 14.9 Å². The van der Waals surface area contributed by atoms with Crippen LogP contribution in [0.2, 0.25) is 5.02 Å². The normalized spacial score (nSPS) is 14.9. The summed E-state index contributed by atoms with van der Waals surface area (Å²) in [5.74, 6) is -0.242. The number of halogens is 1. The van der Waals surface area contributed by atoms with E-state index in [0.717, 1.165) is 5.56 Å². The highest BCUT2D eigenvalue weighted by molar-refractivity contribution is 6.30. The van der Waals surface area contributed by atoms with Gasteiger partial charge in [0.25, 0.3) is 5.56 Å². The number of aromatic nitrogens is 1. The number of nitrogens with zero attached hydrogens (tertiary/aromatic N) is 1. The lowest BCUT2D eigenvalue weighted by Crippen LogP contribution is -2.23. The third kappa shape index (κ3) is 3.14. The molecule has 5 rings (SSSR count). The molecule has 1 atom stereocenters. The van der Waals surface area contributed by atoms with Crippen LogP contribution in [0.15, 0.2) is 74.7 Å². The van der Waals surface area contributed by atoms with Crippen LogP contribution in [0.3, 0.4) is 0 Å². The van der Waals surface area contributed by atoms with Gasteiger partial charge in [0.15, 0.2) is 0 Å². The Morgan fingerprint density at radius 1 is 1.09 bits per heavy atom. The first-order valence-electron chi connectivity index (χ1n) is 9.60. The Balaban J connectivity index is 1.76. The first-order chi connectivity index (χ1) is 15.5. The van der Waals surface area contributed by atoms with Crippen molar-refractivity contribution in [2.75, 3.05) is 5.73 Å². The maximum absolute atomic E-state index is 12.7. The van der Waals surface area contributed by atoms with Gasteiger partial charge in [-0.1, -0.05) is 41.9 Å². The molecular weight excluding hydrogens is 430 g/mol. The highest BCUT2D eigenvalue weighted by Crippen LogP contribution is 2.42. The van der Waals surface area contributed by atoms with Crippen LogP contribution in [0.25, 0.3) is 16.7 Å². The third-order valence-corrected chi connectivity index (χ3v) is 5.60. The average molecular weight is 444 g/mol. The second-order valence-corrected chi connectivity index (χ2v) is 7.68. The molecule has 7 nitrogen and oxygen atoms in total. The Bertz CT molecular complexity index is 1580. The van der Waals surface area contributed by atoms with Crippen LogP contribution >= 0.6 is 11.6 Å². The van der Waals surface area contributed by atoms with Crippen LogP contribution in [0, 0.1) is 11.3 Å². The molecule has 2 aromatic heterocycles. The Hall–Kier alpha value is -4.28. The summed E-state index contributed by atoms with van der Waals surface area (Å²) in [6, 6.07) is 17.7. The molecule has 1 aliphatic heterocycles. The van der Waals surface area contributed by atoms with Crippen molar-refractivity contribution in [1.29, 1.82) is 5.26 Å². The molecule has 3 N–H and O–H groups in total. The zero-order valence-corrected chi connectivity index (χ0v) is 17.1. The second-order valence-electron chi connectivity index (χ2n) is 7.24. The standard InChI is InChI=1S/C24H14ClN3O4/c25-14-7-5-12(6-8-14)15-10-19(16-9-13-3-1-2-4-18(13)32-24(16)30)31-23-20(15)21(27)17(11-26)22(29)28-23/h1-10,15H,(H3,27,28,29). The number of nitrogens with two attached hydrogens (primary N) is 1. The molecule has 3 heterocycles. The highest BCUT2D eigenvalue weighted by atomic mass is 35.5. The smallest absolute Gasteiger partial charge is 0.347 e. The van der Waals surface area contributed by atoms with Gasteiger partial charge >= 0.3 is 5.63 Å². The van der Waals surface area contributed by atoms with Crippen molar-refractivity contribution in [3.8, 4) is 11.9 Å². The van der Waals surface area contributed by atoms with Crippen molar-refractivity contribution < 1.29 is 9.15 Å². The maximum atomic E-state index is 12.7. The number of hydrogen-bond acceptors (Lipinski definition) is 6. The molecule has 0 fully saturated rings. The number of nitriles is 1. The minimum Gasteiger partial charge on any atom is -0.440 e. The van der Waals surface area contributed by atoms with Gasteiger partial charge in [-0.25, -0.2) is 4.79 Å². The van der Waals surface area contributed by atoms with E-state index in [4.69, 9.17) is 26.5 Å². The number of fused-ring (bicyclic) bond motifs is 2. The lowest BCUT2D eigenvalue weighted by molar-refractivity contribution is 0.463. The number of anilines is 1. The fourth-order valence-electron chi connectivity index (χ4n) is 3.80. The van der Waals surface area contributed by atoms with Gasteiger partial charge in [0, 0.05) is 21.9 Å². The molecule has 32 heavy (non-hydrogen) atoms. The molecule has 0 aliphatic carbocycles. The summed E-state index contributed by atoms with van der Waals surface area (Å²) in [4.78, 5) is 27.7. The molecule has 0 radical (unpaired) electrons. The molecular formula is C24H14ClN3O4. The van der Waals surface area contributed by atoms with Crippen molar-refractivity contribution in [3.05, 3.63) is 109 Å². The molecule has 0 saturated carbocycles. The summed E-state index contributed by atoms with van der Waals surface area (Å²) in [7, 11) is 0. The number of nitrogens with one attached hydrogen (secondary N) is 1. The van der Waals surface area contributed by atoms with E-state index < -0.39 is 17.1 Å². The molecule has 8 heteroatoms. The first kappa shape index (κ1) is 19.7. The lowest BCUT2D eigenvalue weighted by Gasteiger charge is -2.26. The SMILES string of the molecule is N#Cc1c(N)c2c([nH]c1=O)OC(c1cc3ccccc3oc1=O)=CC2c1ccc(Cl)cc1. The fraction of sp³-hybridized carbons (Fsp3) is 0.0417. The number of H-pyrrole nitrogens is 1. The monoisotopic (exact) mass is 443 g/mol. The zero-order valence-electron chi connectivity index (χ0n) is 16.4. The van der Waals surface area contributed by atoms with Crippen molar-refractivity contribution in [2.24, 2.45) is 0 Å². The van der Waals surface area contributed by atoms with Crippen LogP contribution in [0.5, 0.6) is 5.88 Å². The van der Waals surface area contributed by atoms with Crippen molar-refractivity contribution in [3.63, 3.8) is 0 Å². The van der Waals surface area contributed by atoms with Crippen molar-refractivity contribution in [1.82, 2.24) is 4.98 Å². The predicted molar refractivity (Wildman–Crippen MR) is 121 cm³/mol. The van der Waals surface area contributed by atoms with Gasteiger partial charge in [0.2, 0.25) is 5.88 Å². The molecule has 0 spiro atoms. The summed E-state index contributed by atoms with van der Waals surface area (Å²) in [6.45, 7) is 0. The van der Waals surface area contributed by atoms with E-state index in [-0.39, 0.29) is 28.5 Å². The van der Waals surface area contributed by atoms with Gasteiger partial charge in [-0.05, 0) is 35.9 Å². The van der Waals surface area contributed by atoms with Gasteiger partial charge in [0.1, 0.15) is 28.5 Å². The molecule has 0 bridgehead atoms. The number of allylic oxidation sites excluding steroid dienone is 1. The van der Waals surface area contributed by atoms with Gasteiger partial charge < -0.3 is 14.9 Å². The highest BCUT2D eigenvalue weighted by Gasteiger charge is 2.31. The van der Waals surface area contributed by atoms with Gasteiger partial charge in [-0.2, -0.15) is 5.26 Å². The zero-order chi connectivity index (χ0) is 22.4. The number of benzene rings is 2. The van der Waals surface area contributed by atoms with Crippen LogP contribution in [-0.4, -0.2) is 4.98 Å². The van der Waals surface area contributed by atoms with Gasteiger partial charge in [0.05, 0.1) is 5.69 Å². The summed E-state index contributed by atoms with van der Waals surface area (Å²) < 4.78 is 11.4. The number of nitrogen functional groups attached to an aromatic ring is 1. The second kappa shape index (κ2) is 7.45. The molecule has 1 aliphatic rings. The largest absolute Gasteiger partial charge is 0.440 e. The predicted octanol–water partition coefficient (Wildman–Crippen LogP) is 4.15. The van der Waals surface area contributed by atoms with Crippen molar-refractivity contribution in [2.45, 2.75) is 5.92 Å². The van der Waals surface area contributed by atoms with E-state index in [0.29, 0.717) is 21.6 Å². The average Bonchev–Trinajstić information content (AvgIpc) is 2.78. The number of para-hydroxylation sites is 1. The van der Waals surface area contributed by atoms with Crippen molar-refractivity contribution >= 4 is 34.0 Å². The van der Waals surface area contributed by atoms with Crippen LogP contribution in [-0.2, 0) is 0 Å². The third-order valence-electron chi connectivity index (χ3n) is 5.35. The van der Waals surface area contributed by atoms with Crippen LogP contribution in [0.4, 0.5) is 5.69 Å². The minimum absolute atomic E-state index is 0.0204. The topological polar surface area (TPSA) is 122 Å². The lowest BCUT2D eigenvalue weighted by atomic mass is 9.87. The molecule has 0 saturated heterocycles. The summed E-state index contributed by atoms with van der Waals surface area (Å²) >= 11 is 6.04. The number of aromatic amines is 1. The van der Waals surface area contributed by atoms with E-state index in [1.165, 1.54) is 0 Å². The molecule has 0 amide bonds. The molecule has 156 valence electrons. The minimum atomic E-state index is -0.676. The number of ether oxygens (including phenoxy) is 1. The van der Waals surface area contributed by atoms with Gasteiger partial charge in [-0.15, -0.1) is 0 Å². The van der Waals surface area contributed by atoms with Crippen LogP contribution in [0.1, 0.15) is 28.2 Å². The molecule has 4 aromatic rings. The summed E-state index contributed by atoms with van der Waals surface area (Å²) in [6.07, 6.45) is 1.71. The summed E-state index contributed by atoms with van der Waals surface area (Å²) in [5.41, 5.74) is 6.61. The molecule has 1 unspecified atom stereocenters.